The largest absolute Gasteiger partial charge is 0.417 e. The summed E-state index contributed by atoms with van der Waals surface area (Å²) in [5, 5.41) is 4.04. The van der Waals surface area contributed by atoms with Crippen LogP contribution in [0.5, 0.6) is 0 Å². The molecule has 0 unspecified atom stereocenters. The molecule has 1 aliphatic rings. The van der Waals surface area contributed by atoms with E-state index >= 15 is 0 Å². The van der Waals surface area contributed by atoms with E-state index in [1.807, 2.05) is 0 Å². The van der Waals surface area contributed by atoms with Gasteiger partial charge in [0.1, 0.15) is 4.90 Å². The summed E-state index contributed by atoms with van der Waals surface area (Å²) in [5.74, 6) is 0.0166. The van der Waals surface area contributed by atoms with Crippen LogP contribution in [0.3, 0.4) is 0 Å². The third kappa shape index (κ3) is 3.29. The van der Waals surface area contributed by atoms with Crippen molar-refractivity contribution in [1.29, 1.82) is 0 Å². The molecule has 0 aliphatic carbocycles. The van der Waals surface area contributed by atoms with E-state index < -0.39 is 26.7 Å². The van der Waals surface area contributed by atoms with Crippen molar-refractivity contribution in [2.24, 2.45) is 0 Å². The molecule has 2 aromatic heterocycles. The van der Waals surface area contributed by atoms with E-state index in [0.717, 1.165) is 6.20 Å². The molecule has 1 N–H and O–H groups in total. The number of sulfonamides is 1. The number of hydrogen-bond acceptors (Lipinski definition) is 5. The van der Waals surface area contributed by atoms with Crippen LogP contribution in [0.25, 0.3) is 0 Å². The van der Waals surface area contributed by atoms with Gasteiger partial charge in [-0.05, 0) is 6.07 Å². The zero-order chi connectivity index (χ0) is 16.7. The number of hydrogen-bond donors (Lipinski definition) is 1. The smallest absolute Gasteiger partial charge is 0.373 e. The highest BCUT2D eigenvalue weighted by molar-refractivity contribution is 7.92. The van der Waals surface area contributed by atoms with Crippen LogP contribution in [0.1, 0.15) is 11.3 Å². The van der Waals surface area contributed by atoms with Crippen LogP contribution < -0.4 is 4.72 Å². The molecule has 2 aromatic rings. The van der Waals surface area contributed by atoms with Gasteiger partial charge < -0.3 is 4.74 Å². The lowest BCUT2D eigenvalue weighted by molar-refractivity contribution is -0.138. The Morgan fingerprint density at radius 3 is 2.74 bits per heavy atom. The Hall–Kier alpha value is -2.14. The molecule has 0 saturated carbocycles. The average molecular weight is 348 g/mol. The lowest BCUT2D eigenvalue weighted by Crippen LogP contribution is -2.17. The zero-order valence-electron chi connectivity index (χ0n) is 11.5. The highest BCUT2D eigenvalue weighted by atomic mass is 32.2. The fraction of sp³-hybridized carbons (Fsp3) is 0.333. The molecule has 0 spiro atoms. The molecule has 0 amide bonds. The number of halogens is 3. The van der Waals surface area contributed by atoms with Crippen LogP contribution in [0.2, 0.25) is 0 Å². The predicted octanol–water partition coefficient (Wildman–Crippen LogP) is 1.63. The standard InChI is InChI=1S/C12H11F3N4O3S/c13-12(14,15)8-3-10(6-16-5-8)23(20,21)18-11-4-9-7-22-2-1-19(9)17-11/h3-6H,1-2,7H2,(H,17,18). The summed E-state index contributed by atoms with van der Waals surface area (Å²) in [5.41, 5.74) is -0.464. The molecule has 1 aliphatic heterocycles. The van der Waals surface area contributed by atoms with Gasteiger partial charge in [0.2, 0.25) is 0 Å². The number of nitrogens with zero attached hydrogens (tertiary/aromatic N) is 3. The van der Waals surface area contributed by atoms with Crippen molar-refractivity contribution in [3.8, 4) is 0 Å². The molecule has 0 bridgehead atoms. The minimum absolute atomic E-state index is 0.0166. The van der Waals surface area contributed by atoms with Gasteiger partial charge in [-0.15, -0.1) is 0 Å². The Balaban J connectivity index is 1.88. The van der Waals surface area contributed by atoms with E-state index in [4.69, 9.17) is 4.74 Å². The highest BCUT2D eigenvalue weighted by Gasteiger charge is 2.32. The summed E-state index contributed by atoms with van der Waals surface area (Å²) in [7, 11) is -4.22. The van der Waals surface area contributed by atoms with Gasteiger partial charge >= 0.3 is 6.18 Å². The summed E-state index contributed by atoms with van der Waals surface area (Å²) in [6, 6.07) is 1.99. The number of aromatic nitrogens is 3. The number of fused-ring (bicyclic) bond motifs is 1. The molecule has 0 radical (unpaired) electrons. The van der Waals surface area contributed by atoms with Crippen molar-refractivity contribution < 1.29 is 26.3 Å². The van der Waals surface area contributed by atoms with Gasteiger partial charge in [0, 0.05) is 18.5 Å². The summed E-state index contributed by atoms with van der Waals surface area (Å²) >= 11 is 0. The molecule has 0 saturated heterocycles. The molecule has 0 fully saturated rings. The second-order valence-electron chi connectivity index (χ2n) is 4.81. The maximum absolute atomic E-state index is 12.7. The molecular formula is C12H11F3N4O3S. The van der Waals surface area contributed by atoms with Crippen molar-refractivity contribution in [3.05, 3.63) is 35.8 Å². The number of nitrogens with one attached hydrogen (secondary N) is 1. The fourth-order valence-electron chi connectivity index (χ4n) is 2.06. The van der Waals surface area contributed by atoms with E-state index in [1.54, 1.807) is 4.68 Å². The molecule has 23 heavy (non-hydrogen) atoms. The number of pyridine rings is 1. The van der Waals surface area contributed by atoms with Crippen LogP contribution in [0.15, 0.2) is 29.4 Å². The first-order chi connectivity index (χ1) is 10.8. The van der Waals surface area contributed by atoms with Crippen molar-refractivity contribution in [2.75, 3.05) is 11.3 Å². The van der Waals surface area contributed by atoms with Gasteiger partial charge in [-0.2, -0.15) is 18.3 Å². The normalized spacial score (nSPS) is 15.3. The molecular weight excluding hydrogens is 337 g/mol. The minimum atomic E-state index is -4.68. The van der Waals surface area contributed by atoms with Gasteiger partial charge in [-0.3, -0.25) is 14.4 Å². The van der Waals surface area contributed by atoms with Gasteiger partial charge in [-0.1, -0.05) is 0 Å². The fourth-order valence-corrected chi connectivity index (χ4v) is 3.03. The first-order valence-corrected chi connectivity index (χ1v) is 7.93. The maximum Gasteiger partial charge on any atom is 0.417 e. The summed E-state index contributed by atoms with van der Waals surface area (Å²) < 4.78 is 71.3. The number of ether oxygens (including phenoxy) is 1. The molecule has 124 valence electrons. The summed E-state index contributed by atoms with van der Waals surface area (Å²) in [6.07, 6.45) is -3.27. The first-order valence-electron chi connectivity index (χ1n) is 6.45. The van der Waals surface area contributed by atoms with E-state index in [1.165, 1.54) is 6.07 Å². The molecule has 0 atom stereocenters. The van der Waals surface area contributed by atoms with Gasteiger partial charge in [-0.25, -0.2) is 8.42 Å². The SMILES string of the molecule is O=S(=O)(Nc1cc2n(n1)CCOC2)c1cncc(C(F)(F)F)c1. The third-order valence-electron chi connectivity index (χ3n) is 3.15. The molecule has 0 aromatic carbocycles. The molecule has 3 rings (SSSR count). The van der Waals surface area contributed by atoms with Crippen LogP contribution in [-0.4, -0.2) is 29.8 Å². The summed E-state index contributed by atoms with van der Waals surface area (Å²) in [6.45, 7) is 1.22. The van der Waals surface area contributed by atoms with Crippen molar-refractivity contribution in [1.82, 2.24) is 14.8 Å². The van der Waals surface area contributed by atoms with Crippen LogP contribution in [0.4, 0.5) is 19.0 Å². The van der Waals surface area contributed by atoms with Gasteiger partial charge in [0.05, 0.1) is 31.0 Å². The Bertz CT molecular complexity index is 809. The highest BCUT2D eigenvalue weighted by Crippen LogP contribution is 2.30. The van der Waals surface area contributed by atoms with Crippen molar-refractivity contribution in [2.45, 2.75) is 24.2 Å². The van der Waals surface area contributed by atoms with E-state index in [2.05, 4.69) is 14.8 Å². The van der Waals surface area contributed by atoms with Crippen molar-refractivity contribution in [3.63, 3.8) is 0 Å². The lowest BCUT2D eigenvalue weighted by atomic mass is 10.3. The Kier molecular flexibility index (Phi) is 3.76. The topological polar surface area (TPSA) is 86.1 Å². The number of alkyl halides is 3. The van der Waals surface area contributed by atoms with E-state index in [0.29, 0.717) is 37.7 Å². The Morgan fingerprint density at radius 1 is 1.26 bits per heavy atom. The Labute approximate surface area is 129 Å². The Morgan fingerprint density at radius 2 is 2.04 bits per heavy atom. The number of rotatable bonds is 3. The second-order valence-corrected chi connectivity index (χ2v) is 6.49. The predicted molar refractivity (Wildman–Crippen MR) is 71.9 cm³/mol. The third-order valence-corrected chi connectivity index (χ3v) is 4.47. The van der Waals surface area contributed by atoms with Gasteiger partial charge in [0.25, 0.3) is 10.0 Å². The molecule has 7 nitrogen and oxygen atoms in total. The van der Waals surface area contributed by atoms with E-state index in [-0.39, 0.29) is 5.82 Å². The average Bonchev–Trinajstić information content (AvgIpc) is 2.88. The summed E-state index contributed by atoms with van der Waals surface area (Å²) in [4.78, 5) is 2.75. The van der Waals surface area contributed by atoms with Crippen molar-refractivity contribution >= 4 is 15.8 Å². The monoisotopic (exact) mass is 348 g/mol. The lowest BCUT2D eigenvalue weighted by Gasteiger charge is -2.12. The number of anilines is 1. The second kappa shape index (κ2) is 5.49. The van der Waals surface area contributed by atoms with Crippen LogP contribution in [-0.2, 0) is 34.1 Å². The van der Waals surface area contributed by atoms with E-state index in [9.17, 15) is 21.6 Å². The zero-order valence-corrected chi connectivity index (χ0v) is 12.4. The minimum Gasteiger partial charge on any atom is -0.373 e. The van der Waals surface area contributed by atoms with Crippen LogP contribution in [0, 0.1) is 0 Å². The molecule has 11 heteroatoms. The quantitative estimate of drug-likeness (QED) is 0.911. The molecule has 3 heterocycles. The van der Waals surface area contributed by atoms with Gasteiger partial charge in [0.15, 0.2) is 5.82 Å². The first kappa shape index (κ1) is 15.7. The maximum atomic E-state index is 12.7. The van der Waals surface area contributed by atoms with Crippen LogP contribution >= 0.6 is 0 Å².